The molecule has 0 saturated heterocycles. The number of nitrogens with zero attached hydrogens (tertiary/aromatic N) is 2. The average molecular weight is 1200 g/mol. The molecule has 11 aromatic carbocycles. The van der Waals surface area contributed by atoms with E-state index in [2.05, 4.69) is 303 Å². The summed E-state index contributed by atoms with van der Waals surface area (Å²) in [5.74, 6) is 0. The van der Waals surface area contributed by atoms with Crippen LogP contribution in [0.5, 0.6) is 0 Å². The zero-order valence-corrected chi connectivity index (χ0v) is 52.2. The highest BCUT2D eigenvalue weighted by atomic mass is 32.2. The highest BCUT2D eigenvalue weighted by molar-refractivity contribution is 8.03. The highest BCUT2D eigenvalue weighted by Crippen LogP contribution is 2.48. The number of anilines is 2. The van der Waals surface area contributed by atoms with Crippen molar-refractivity contribution in [3.05, 3.63) is 364 Å². The fourth-order valence-electron chi connectivity index (χ4n) is 13.7. The summed E-state index contributed by atoms with van der Waals surface area (Å²) in [4.78, 5) is 9.81. The summed E-state index contributed by atoms with van der Waals surface area (Å²) in [6.07, 6.45) is 20.0. The van der Waals surface area contributed by atoms with E-state index >= 15 is 0 Å². The van der Waals surface area contributed by atoms with Crippen molar-refractivity contribution in [1.82, 2.24) is 4.98 Å². The molecule has 0 atom stereocenters. The van der Waals surface area contributed by atoms with Gasteiger partial charge in [0, 0.05) is 60.7 Å². The first-order chi connectivity index (χ1) is 44.8. The van der Waals surface area contributed by atoms with Crippen LogP contribution in [-0.2, 0) is 6.42 Å². The Labute approximate surface area is 540 Å². The summed E-state index contributed by atoms with van der Waals surface area (Å²) in [6, 6.07) is 91.1. The minimum atomic E-state index is 0.600. The van der Waals surface area contributed by atoms with Crippen LogP contribution in [0.1, 0.15) is 50.2 Å². The van der Waals surface area contributed by atoms with Crippen LogP contribution in [0.25, 0.3) is 104 Å². The van der Waals surface area contributed by atoms with E-state index in [0.717, 1.165) is 83.4 Å². The molecule has 2 nitrogen and oxygen atoms in total. The number of aryl methyl sites for hydroxylation is 1. The van der Waals surface area contributed by atoms with Crippen LogP contribution in [0.4, 0.5) is 11.4 Å². The van der Waals surface area contributed by atoms with Gasteiger partial charge < -0.3 is 4.90 Å². The minimum Gasteiger partial charge on any atom is -0.337 e. The number of thioether (sulfide) groups is 1. The first kappa shape index (κ1) is 55.7. The zero-order valence-electron chi connectivity index (χ0n) is 50.5. The largest absolute Gasteiger partial charge is 0.337 e. The number of allylic oxidation sites excluding steroid dienone is 10. The summed E-state index contributed by atoms with van der Waals surface area (Å²) >= 11 is 3.54. The van der Waals surface area contributed by atoms with Gasteiger partial charge in [-0.3, -0.25) is 0 Å². The second kappa shape index (κ2) is 23.7. The van der Waals surface area contributed by atoms with Gasteiger partial charge in [0.05, 0.1) is 0 Å². The highest BCUT2D eigenvalue weighted by Gasteiger charge is 2.25. The molecule has 0 fully saturated rings. The molecule has 2 aliphatic heterocycles. The quantitative estimate of drug-likeness (QED) is 0.141. The molecule has 4 heterocycles. The molecule has 3 aliphatic rings. The maximum Gasteiger partial charge on any atom is 0.104 e. The van der Waals surface area contributed by atoms with Gasteiger partial charge in [-0.2, -0.15) is 0 Å². The molecule has 0 saturated carbocycles. The van der Waals surface area contributed by atoms with E-state index < -0.39 is 0 Å². The summed E-state index contributed by atoms with van der Waals surface area (Å²) in [5, 5.41) is 9.86. The lowest BCUT2D eigenvalue weighted by atomic mass is 9.92. The van der Waals surface area contributed by atoms with E-state index in [1.165, 1.54) is 97.4 Å². The van der Waals surface area contributed by atoms with Crippen LogP contribution in [0.3, 0.4) is 0 Å². The lowest BCUT2D eigenvalue weighted by molar-refractivity contribution is 1.04. The van der Waals surface area contributed by atoms with E-state index in [9.17, 15) is 0 Å². The fourth-order valence-corrected chi connectivity index (χ4v) is 15.8. The third-order valence-electron chi connectivity index (χ3n) is 18.3. The standard InChI is InChI=1S/C87H62N2S2/c1-56-20-13-14-28-72(56)67-40-46-85-82(54-67)83-52-65(60-23-9-5-10-24-60)37-43-73(86(83)91-85)68-39-45-84-79(53-68)57(2)48-66(80-50-63(59-21-7-4-8-22-59)33-34-69-49-70(61-25-11-6-12-26-61)55-88-87(69)90-58(80)3)27-19-47-89(84)71-41-35-62(36-42-71)64-38-44-78-76-31-16-15-29-74(76)75-30-17-18-32-77(75)81(78)51-64/h4-33,35-36,38-46,48-55H,2-3,34,37,47H2,1H3/b27-19-,63-33+,66-48+,80-50+. The Kier molecular flexibility index (Phi) is 14.5. The van der Waals surface area contributed by atoms with Gasteiger partial charge in [0.2, 0.25) is 0 Å². The minimum absolute atomic E-state index is 0.600. The van der Waals surface area contributed by atoms with E-state index in [0.29, 0.717) is 13.0 Å². The summed E-state index contributed by atoms with van der Waals surface area (Å²) in [5.41, 5.74) is 24.1. The van der Waals surface area contributed by atoms with Crippen LogP contribution in [0, 0.1) is 6.92 Å². The predicted octanol–water partition coefficient (Wildman–Crippen LogP) is 24.0. The Hall–Kier alpha value is -10.6. The molecule has 13 aromatic rings. The van der Waals surface area contributed by atoms with E-state index in [1.807, 2.05) is 17.5 Å². The Morgan fingerprint density at radius 1 is 0.440 bits per heavy atom. The molecule has 0 unspecified atom stereocenters. The van der Waals surface area contributed by atoms with Crippen LogP contribution >= 0.6 is 23.1 Å². The number of benzene rings is 11. The van der Waals surface area contributed by atoms with Crippen molar-refractivity contribution in [2.75, 3.05) is 11.4 Å². The van der Waals surface area contributed by atoms with E-state index in [1.54, 1.807) is 11.8 Å². The average Bonchev–Trinajstić information content (AvgIpc) is 1.89. The lowest BCUT2D eigenvalue weighted by Gasteiger charge is -2.27. The molecule has 0 radical (unpaired) electrons. The SMILES string of the molecule is C=C1Sc2ncc(-c3ccccc3)cc2C\C=C(c2ccccc2)/C=C1/C1=C/C(=C)c2cc(C3=CCC(c4ccccc4)=Cc4c3sc3ccc(-c5ccccc5C)cc43)ccc2N(c2ccc(-c3ccc4c5ccccc5c5ccccc5c4c3)cc2)C/C=C\1. The lowest BCUT2D eigenvalue weighted by Crippen LogP contribution is -2.18. The molecule has 0 amide bonds. The van der Waals surface area contributed by atoms with Crippen molar-refractivity contribution in [2.45, 2.75) is 24.8 Å². The van der Waals surface area contributed by atoms with Crippen molar-refractivity contribution in [3.63, 3.8) is 0 Å². The van der Waals surface area contributed by atoms with Crippen molar-refractivity contribution < 1.29 is 0 Å². The molecular weight excluding hydrogens is 1140 g/mol. The van der Waals surface area contributed by atoms with Gasteiger partial charge in [-0.05, 0) is 208 Å². The molecule has 2 aromatic heterocycles. The van der Waals surface area contributed by atoms with E-state index in [4.69, 9.17) is 18.1 Å². The van der Waals surface area contributed by atoms with Crippen molar-refractivity contribution >= 4 is 105 Å². The molecule has 16 rings (SSSR count). The monoisotopic (exact) mass is 1200 g/mol. The van der Waals surface area contributed by atoms with Gasteiger partial charge in [-0.1, -0.05) is 249 Å². The number of fused-ring (bicyclic) bond motifs is 11. The third kappa shape index (κ3) is 10.5. The molecule has 91 heavy (non-hydrogen) atoms. The second-order valence-corrected chi connectivity index (χ2v) is 26.0. The maximum atomic E-state index is 5.17. The fraction of sp³-hybridized carbons (Fsp3) is 0.0460. The Bertz CT molecular complexity index is 5270. The molecular formula is C87H62N2S2. The van der Waals surface area contributed by atoms with Crippen molar-refractivity contribution in [2.24, 2.45) is 0 Å². The summed E-state index contributed by atoms with van der Waals surface area (Å²) < 4.78 is 1.27. The van der Waals surface area contributed by atoms with Crippen molar-refractivity contribution in [3.8, 4) is 33.4 Å². The number of aromatic nitrogens is 1. The topological polar surface area (TPSA) is 16.1 Å². The molecule has 0 spiro atoms. The smallest absolute Gasteiger partial charge is 0.104 e. The molecule has 4 heteroatoms. The molecule has 0 N–H and O–H groups in total. The van der Waals surface area contributed by atoms with Crippen molar-refractivity contribution in [1.29, 1.82) is 0 Å². The first-order valence-corrected chi connectivity index (χ1v) is 32.9. The van der Waals surface area contributed by atoms with Gasteiger partial charge in [0.1, 0.15) is 5.03 Å². The molecule has 0 bridgehead atoms. The Morgan fingerprint density at radius 3 is 1.79 bits per heavy atom. The summed E-state index contributed by atoms with van der Waals surface area (Å²) in [7, 11) is 0. The maximum absolute atomic E-state index is 5.17. The second-order valence-electron chi connectivity index (χ2n) is 23.9. The number of pyridine rings is 1. The van der Waals surface area contributed by atoms with E-state index in [-0.39, 0.29) is 0 Å². The predicted molar refractivity (Wildman–Crippen MR) is 393 cm³/mol. The van der Waals surface area contributed by atoms with Gasteiger partial charge in [0.25, 0.3) is 0 Å². The molecule has 1 aliphatic carbocycles. The van der Waals surface area contributed by atoms with Gasteiger partial charge >= 0.3 is 0 Å². The van der Waals surface area contributed by atoms with Gasteiger partial charge in [0.15, 0.2) is 0 Å². The van der Waals surface area contributed by atoms with Gasteiger partial charge in [-0.25, -0.2) is 4.98 Å². The summed E-state index contributed by atoms with van der Waals surface area (Å²) in [6.45, 7) is 12.8. The Morgan fingerprint density at radius 2 is 1.05 bits per heavy atom. The number of rotatable bonds is 8. The van der Waals surface area contributed by atoms with Crippen LogP contribution in [-0.4, -0.2) is 11.5 Å². The van der Waals surface area contributed by atoms with Gasteiger partial charge in [-0.15, -0.1) is 11.3 Å². The number of hydrogen-bond donors (Lipinski definition) is 0. The number of thiophene rings is 1. The normalized spacial score (nSPS) is 16.4. The van der Waals surface area contributed by atoms with Crippen LogP contribution in [0.15, 0.2) is 326 Å². The molecule has 432 valence electrons. The Balaban J connectivity index is 0.837. The van der Waals surface area contributed by atoms with Crippen LogP contribution < -0.4 is 4.90 Å². The van der Waals surface area contributed by atoms with Crippen LogP contribution in [0.2, 0.25) is 0 Å². The number of hydrogen-bond acceptors (Lipinski definition) is 4. The third-order valence-corrected chi connectivity index (χ3v) is 20.6. The first-order valence-electron chi connectivity index (χ1n) is 31.2. The zero-order chi connectivity index (χ0) is 60.9.